The lowest BCUT2D eigenvalue weighted by Gasteiger charge is -2.31. The van der Waals surface area contributed by atoms with Gasteiger partial charge in [-0.15, -0.1) is 0 Å². The molecule has 10 heteroatoms. The Morgan fingerprint density at radius 2 is 0.967 bits per heavy atom. The van der Waals surface area contributed by atoms with Crippen molar-refractivity contribution in [2.75, 3.05) is 40.9 Å². The number of quaternary nitrogens is 1. The van der Waals surface area contributed by atoms with Gasteiger partial charge in [0, 0.05) is 6.42 Å². The van der Waals surface area contributed by atoms with E-state index in [1.54, 1.807) is 0 Å². The van der Waals surface area contributed by atoms with Crippen molar-refractivity contribution in [2.45, 2.75) is 250 Å². The first-order valence-corrected chi connectivity index (χ1v) is 26.7. The number of unbranched alkanes of at least 4 members (excludes halogenated alkanes) is 28. The number of aliphatic hydroxyl groups excluding tert-OH is 2. The summed E-state index contributed by atoms with van der Waals surface area (Å²) in [4.78, 5) is 25.4. The second-order valence-electron chi connectivity index (χ2n) is 18.7. The highest BCUT2D eigenvalue weighted by molar-refractivity contribution is 7.45. The fourth-order valence-electron chi connectivity index (χ4n) is 7.45. The summed E-state index contributed by atoms with van der Waals surface area (Å²) in [6.07, 6.45) is 46.7. The molecule has 0 radical (unpaired) electrons. The van der Waals surface area contributed by atoms with Crippen LogP contribution in [0.15, 0.2) is 24.3 Å². The molecule has 3 N–H and O–H groups in total. The van der Waals surface area contributed by atoms with Crippen LogP contribution in [0.25, 0.3) is 0 Å². The highest BCUT2D eigenvalue weighted by atomic mass is 31.2. The molecular weight excluding hydrogens is 772 g/mol. The minimum Gasteiger partial charge on any atom is -0.756 e. The normalized spacial score (nSPS) is 14.9. The Hall–Kier alpha value is -1.06. The second kappa shape index (κ2) is 41.9. The number of phosphoric acid groups is 1. The molecular formula is C50H99N2O7P. The Morgan fingerprint density at radius 1 is 0.583 bits per heavy atom. The van der Waals surface area contributed by atoms with Crippen LogP contribution in [0.2, 0.25) is 0 Å². The first-order chi connectivity index (χ1) is 28.9. The van der Waals surface area contributed by atoms with Gasteiger partial charge in [0.2, 0.25) is 5.91 Å². The minimum atomic E-state index is -4.67. The fraction of sp³-hybridized carbons (Fsp3) is 0.900. The van der Waals surface area contributed by atoms with Crippen molar-refractivity contribution in [3.63, 3.8) is 0 Å². The molecule has 60 heavy (non-hydrogen) atoms. The number of hydrogen-bond donors (Lipinski definition) is 3. The molecule has 9 nitrogen and oxygen atoms in total. The van der Waals surface area contributed by atoms with Gasteiger partial charge in [0.1, 0.15) is 19.3 Å². The SMILES string of the molecule is CCCCC/C=C/CC/C=C/CCCC(O)C(O)C(COP(=O)([O-])OCC[N+](C)(C)C)NC(=O)CCCCCCCCCCCCCCCCCCCCCCCCCC. The van der Waals surface area contributed by atoms with Gasteiger partial charge in [-0.05, 0) is 51.4 Å². The summed E-state index contributed by atoms with van der Waals surface area (Å²) in [5.41, 5.74) is 0. The summed E-state index contributed by atoms with van der Waals surface area (Å²) in [5.74, 6) is -0.289. The zero-order valence-electron chi connectivity index (χ0n) is 40.0. The average molecular weight is 871 g/mol. The maximum absolute atomic E-state index is 12.9. The van der Waals surface area contributed by atoms with Crippen LogP contribution in [0, 0.1) is 0 Å². The Morgan fingerprint density at radius 3 is 1.40 bits per heavy atom. The minimum absolute atomic E-state index is 0.0468. The third kappa shape index (κ3) is 42.3. The van der Waals surface area contributed by atoms with Gasteiger partial charge < -0.3 is 34.0 Å². The summed E-state index contributed by atoms with van der Waals surface area (Å²) in [7, 11) is 1.11. The summed E-state index contributed by atoms with van der Waals surface area (Å²) >= 11 is 0. The molecule has 0 spiro atoms. The first-order valence-electron chi connectivity index (χ1n) is 25.3. The van der Waals surface area contributed by atoms with Crippen LogP contribution in [0.3, 0.4) is 0 Å². The van der Waals surface area contributed by atoms with E-state index in [2.05, 4.69) is 43.5 Å². The number of phosphoric ester groups is 1. The standard InChI is InChI=1S/C50H99N2O7P/c1-6-8-10-12-14-16-18-20-21-22-23-24-25-26-27-28-29-30-31-33-35-37-39-41-43-49(54)51-47(46-59-60(56,57)58-45-44-52(3,4)5)50(55)48(53)42-40-38-36-34-32-19-17-15-13-11-9-7-2/h15,17,34,36,47-48,50,53,55H,6-14,16,18-33,35,37-46H2,1-5H3,(H-,51,54,56,57)/b17-15+,36-34+. The second-order valence-corrected chi connectivity index (χ2v) is 20.1. The van der Waals surface area contributed by atoms with Crippen molar-refractivity contribution >= 4 is 13.7 Å². The van der Waals surface area contributed by atoms with Gasteiger partial charge in [-0.2, -0.15) is 0 Å². The summed E-state index contributed by atoms with van der Waals surface area (Å²) in [5, 5.41) is 24.6. The molecule has 0 heterocycles. The van der Waals surface area contributed by atoms with E-state index in [4.69, 9.17) is 9.05 Å². The maximum atomic E-state index is 12.9. The molecule has 0 bridgehead atoms. The van der Waals surface area contributed by atoms with E-state index in [0.717, 1.165) is 38.5 Å². The molecule has 0 aromatic heterocycles. The van der Waals surface area contributed by atoms with Crippen LogP contribution in [-0.2, 0) is 18.4 Å². The molecule has 0 aromatic rings. The zero-order valence-corrected chi connectivity index (χ0v) is 40.9. The third-order valence-corrected chi connectivity index (χ3v) is 12.5. The largest absolute Gasteiger partial charge is 0.756 e. The van der Waals surface area contributed by atoms with E-state index in [0.29, 0.717) is 30.3 Å². The Labute approximate surface area is 371 Å². The molecule has 0 aromatic carbocycles. The van der Waals surface area contributed by atoms with E-state index in [1.807, 2.05) is 21.1 Å². The van der Waals surface area contributed by atoms with Gasteiger partial charge in [0.15, 0.2) is 0 Å². The number of aliphatic hydroxyl groups is 2. The van der Waals surface area contributed by atoms with Crippen LogP contribution in [0.5, 0.6) is 0 Å². The molecule has 1 amide bonds. The van der Waals surface area contributed by atoms with E-state index in [1.165, 1.54) is 154 Å². The van der Waals surface area contributed by atoms with Crippen LogP contribution >= 0.6 is 7.82 Å². The Bertz CT molecular complexity index is 1050. The maximum Gasteiger partial charge on any atom is 0.268 e. The van der Waals surface area contributed by atoms with Gasteiger partial charge in [-0.1, -0.05) is 199 Å². The van der Waals surface area contributed by atoms with E-state index >= 15 is 0 Å². The number of carbonyl (C=O) groups excluding carboxylic acids is 1. The number of allylic oxidation sites excluding steroid dienone is 4. The van der Waals surface area contributed by atoms with Gasteiger partial charge >= 0.3 is 0 Å². The monoisotopic (exact) mass is 871 g/mol. The lowest BCUT2D eigenvalue weighted by atomic mass is 10.0. The van der Waals surface area contributed by atoms with Crippen molar-refractivity contribution in [1.82, 2.24) is 5.32 Å². The first kappa shape index (κ1) is 58.9. The van der Waals surface area contributed by atoms with Crippen LogP contribution in [0.4, 0.5) is 0 Å². The zero-order chi connectivity index (χ0) is 44.4. The van der Waals surface area contributed by atoms with Crippen molar-refractivity contribution in [1.29, 1.82) is 0 Å². The number of carbonyl (C=O) groups is 1. The quantitative estimate of drug-likeness (QED) is 0.0240. The summed E-state index contributed by atoms with van der Waals surface area (Å²) < 4.78 is 23.2. The number of nitrogens with one attached hydrogen (secondary N) is 1. The fourth-order valence-corrected chi connectivity index (χ4v) is 8.17. The predicted octanol–water partition coefficient (Wildman–Crippen LogP) is 12.8. The van der Waals surface area contributed by atoms with Crippen molar-refractivity contribution < 1.29 is 38.0 Å². The van der Waals surface area contributed by atoms with Gasteiger partial charge in [-0.3, -0.25) is 9.36 Å². The van der Waals surface area contributed by atoms with E-state index in [-0.39, 0.29) is 18.9 Å². The summed E-state index contributed by atoms with van der Waals surface area (Å²) in [6, 6.07) is -1.09. The molecule has 0 fully saturated rings. The molecule has 4 unspecified atom stereocenters. The lowest BCUT2D eigenvalue weighted by molar-refractivity contribution is -0.870. The van der Waals surface area contributed by atoms with Crippen molar-refractivity contribution in [2.24, 2.45) is 0 Å². The summed E-state index contributed by atoms with van der Waals surface area (Å²) in [6.45, 7) is 4.40. The third-order valence-electron chi connectivity index (χ3n) is 11.5. The van der Waals surface area contributed by atoms with Gasteiger partial charge in [0.05, 0.1) is 39.9 Å². The van der Waals surface area contributed by atoms with E-state index in [9.17, 15) is 24.5 Å². The van der Waals surface area contributed by atoms with Gasteiger partial charge in [-0.25, -0.2) is 0 Å². The average Bonchev–Trinajstić information content (AvgIpc) is 3.20. The topological polar surface area (TPSA) is 128 Å². The van der Waals surface area contributed by atoms with Crippen LogP contribution in [0.1, 0.15) is 232 Å². The molecule has 0 aliphatic carbocycles. The molecule has 0 saturated carbocycles. The number of rotatable bonds is 46. The van der Waals surface area contributed by atoms with Crippen LogP contribution in [-0.4, -0.2) is 79.8 Å². The molecule has 0 aliphatic rings. The highest BCUT2D eigenvalue weighted by Crippen LogP contribution is 2.38. The lowest BCUT2D eigenvalue weighted by Crippen LogP contribution is -2.51. The Kier molecular flexibility index (Phi) is 41.2. The molecule has 0 aliphatic heterocycles. The molecule has 356 valence electrons. The van der Waals surface area contributed by atoms with Crippen molar-refractivity contribution in [3.05, 3.63) is 24.3 Å². The predicted molar refractivity (Wildman–Crippen MR) is 253 cm³/mol. The molecule has 0 saturated heterocycles. The highest BCUT2D eigenvalue weighted by Gasteiger charge is 2.29. The number of nitrogens with zero attached hydrogens (tertiary/aromatic N) is 1. The Balaban J connectivity index is 4.29. The van der Waals surface area contributed by atoms with E-state index < -0.39 is 32.7 Å². The number of likely N-dealkylation sites (N-methyl/N-ethyl adjacent to an activating group) is 1. The molecule has 4 atom stereocenters. The van der Waals surface area contributed by atoms with Crippen molar-refractivity contribution in [3.8, 4) is 0 Å². The number of hydrogen-bond acceptors (Lipinski definition) is 7. The van der Waals surface area contributed by atoms with Gasteiger partial charge in [0.25, 0.3) is 7.82 Å². The smallest absolute Gasteiger partial charge is 0.268 e. The molecule has 0 rings (SSSR count). The number of amides is 1. The van der Waals surface area contributed by atoms with Crippen LogP contribution < -0.4 is 10.2 Å².